The van der Waals surface area contributed by atoms with Gasteiger partial charge in [0.2, 0.25) is 12.3 Å². The normalized spacial score (nSPS) is 17.7. The summed E-state index contributed by atoms with van der Waals surface area (Å²) in [5.41, 5.74) is -2.06. The van der Waals surface area contributed by atoms with Gasteiger partial charge in [-0.25, -0.2) is 26.7 Å². The number of carboxylic acids is 1. The zero-order valence-electron chi connectivity index (χ0n) is 9.27. The average molecular weight is 318 g/mol. The summed E-state index contributed by atoms with van der Waals surface area (Å²) in [6.07, 6.45) is -17.7. The van der Waals surface area contributed by atoms with Crippen LogP contribution >= 0.6 is 0 Å². The van der Waals surface area contributed by atoms with Crippen LogP contribution in [0.15, 0.2) is 12.2 Å². The first-order chi connectivity index (χ1) is 8.78. The quantitative estimate of drug-likeness (QED) is 0.578. The van der Waals surface area contributed by atoms with Crippen molar-refractivity contribution in [3.63, 3.8) is 0 Å². The molecule has 3 unspecified atom stereocenters. The summed E-state index contributed by atoms with van der Waals surface area (Å²) in [6.45, 7) is 2.22. The van der Waals surface area contributed by atoms with Crippen molar-refractivity contribution in [1.29, 1.82) is 0 Å². The molecule has 0 aliphatic rings. The first-order valence-corrected chi connectivity index (χ1v) is 4.66. The second-order valence-corrected chi connectivity index (χ2v) is 3.62. The van der Waals surface area contributed by atoms with Crippen LogP contribution in [0, 0.1) is 0 Å². The van der Waals surface area contributed by atoms with Gasteiger partial charge >= 0.3 is 17.8 Å². The summed E-state index contributed by atoms with van der Waals surface area (Å²) < 4.78 is 113. The number of carbonyl (C=O) groups is 1. The molecule has 2 nitrogen and oxygen atoms in total. The zero-order valence-corrected chi connectivity index (χ0v) is 9.27. The molecule has 0 radical (unpaired) electrons. The molecule has 0 spiro atoms. The maximum atomic E-state index is 13.0. The van der Waals surface area contributed by atoms with Crippen molar-refractivity contribution in [3.8, 4) is 0 Å². The maximum absolute atomic E-state index is 13.0. The van der Waals surface area contributed by atoms with Gasteiger partial charge < -0.3 is 5.11 Å². The molecule has 0 aromatic rings. The first kappa shape index (κ1) is 18.6. The van der Waals surface area contributed by atoms with E-state index in [1.54, 1.807) is 0 Å². The predicted molar refractivity (Wildman–Crippen MR) is 47.4 cm³/mol. The molecule has 3 atom stereocenters. The molecule has 11 heteroatoms. The van der Waals surface area contributed by atoms with Crippen LogP contribution in [0.5, 0.6) is 0 Å². The van der Waals surface area contributed by atoms with Gasteiger partial charge in [-0.05, 0) is 0 Å². The van der Waals surface area contributed by atoms with E-state index >= 15 is 0 Å². The third-order valence-electron chi connectivity index (χ3n) is 2.21. The lowest BCUT2D eigenvalue weighted by Gasteiger charge is -2.32. The largest absolute Gasteiger partial charge is 0.478 e. The van der Waals surface area contributed by atoms with Gasteiger partial charge in [0.15, 0.2) is 6.17 Å². The Morgan fingerprint density at radius 3 is 1.65 bits per heavy atom. The summed E-state index contributed by atoms with van der Waals surface area (Å²) in [6, 6.07) is 0. The Morgan fingerprint density at radius 1 is 0.950 bits per heavy atom. The molecule has 0 heterocycles. The molecule has 0 amide bonds. The van der Waals surface area contributed by atoms with Gasteiger partial charge in [-0.1, -0.05) is 6.58 Å². The monoisotopic (exact) mass is 318 g/mol. The third kappa shape index (κ3) is 3.18. The van der Waals surface area contributed by atoms with Crippen LogP contribution in [0.2, 0.25) is 0 Å². The molecule has 20 heavy (non-hydrogen) atoms. The lowest BCUT2D eigenvalue weighted by Crippen LogP contribution is -2.57. The van der Waals surface area contributed by atoms with Crippen LogP contribution in [0.25, 0.3) is 0 Å². The van der Waals surface area contributed by atoms with E-state index < -0.39 is 48.3 Å². The van der Waals surface area contributed by atoms with Crippen molar-refractivity contribution in [2.24, 2.45) is 0 Å². The third-order valence-corrected chi connectivity index (χ3v) is 2.21. The van der Waals surface area contributed by atoms with Gasteiger partial charge in [-0.15, -0.1) is 0 Å². The second-order valence-electron chi connectivity index (χ2n) is 3.62. The van der Waals surface area contributed by atoms with Crippen molar-refractivity contribution >= 4 is 5.97 Å². The van der Waals surface area contributed by atoms with Crippen molar-refractivity contribution in [1.82, 2.24) is 0 Å². The van der Waals surface area contributed by atoms with Crippen molar-refractivity contribution in [2.45, 2.75) is 36.8 Å². The van der Waals surface area contributed by atoms with E-state index in [4.69, 9.17) is 5.11 Å². The number of aliphatic carboxylic acids is 1. The Hall–Kier alpha value is -1.42. The highest BCUT2D eigenvalue weighted by molar-refractivity contribution is 5.87. The van der Waals surface area contributed by atoms with E-state index in [2.05, 4.69) is 6.58 Å². The Kier molecular flexibility index (Phi) is 5.50. The van der Waals surface area contributed by atoms with E-state index in [1.807, 2.05) is 0 Å². The van der Waals surface area contributed by atoms with Gasteiger partial charge in [-0.2, -0.15) is 17.6 Å². The fourth-order valence-electron chi connectivity index (χ4n) is 1.01. The molecule has 118 valence electrons. The minimum atomic E-state index is -6.21. The van der Waals surface area contributed by atoms with E-state index in [0.29, 0.717) is 0 Å². The van der Waals surface area contributed by atoms with Gasteiger partial charge in [0, 0.05) is 0 Å². The summed E-state index contributed by atoms with van der Waals surface area (Å²) in [5, 5.41) is 8.11. The molecule has 0 aromatic heterocycles. The summed E-state index contributed by atoms with van der Waals surface area (Å²) >= 11 is 0. The molecule has 0 rings (SSSR count). The SMILES string of the molecule is C=C(C(=O)O)C(F)C(F)(F)C(F)(F)C(F)C(F)C(F)F. The first-order valence-electron chi connectivity index (χ1n) is 4.66. The molecule has 0 aliphatic carbocycles. The van der Waals surface area contributed by atoms with Crippen LogP contribution in [-0.2, 0) is 4.79 Å². The van der Waals surface area contributed by atoms with Crippen LogP contribution in [0.4, 0.5) is 39.5 Å². The second kappa shape index (κ2) is 5.92. The van der Waals surface area contributed by atoms with Crippen molar-refractivity contribution in [2.75, 3.05) is 0 Å². The van der Waals surface area contributed by atoms with Gasteiger partial charge in [0.05, 0.1) is 5.57 Å². The number of hydrogen-bond acceptors (Lipinski definition) is 1. The van der Waals surface area contributed by atoms with Gasteiger partial charge in [0.25, 0.3) is 6.43 Å². The molecule has 0 aliphatic heterocycles. The Bertz CT molecular complexity index is 382. The molecule has 0 fully saturated rings. The maximum Gasteiger partial charge on any atom is 0.348 e. The number of alkyl halides is 9. The Labute approximate surface area is 105 Å². The smallest absolute Gasteiger partial charge is 0.348 e. The minimum Gasteiger partial charge on any atom is -0.478 e. The van der Waals surface area contributed by atoms with Crippen LogP contribution in [0.1, 0.15) is 0 Å². The fraction of sp³-hybridized carbons (Fsp3) is 0.667. The van der Waals surface area contributed by atoms with E-state index in [-0.39, 0.29) is 0 Å². The zero-order chi connectivity index (χ0) is 16.5. The molecule has 0 saturated carbocycles. The number of halogens is 9. The van der Waals surface area contributed by atoms with Crippen molar-refractivity contribution in [3.05, 3.63) is 12.2 Å². The average Bonchev–Trinajstić information content (AvgIpc) is 2.34. The highest BCUT2D eigenvalue weighted by Crippen LogP contribution is 2.45. The Balaban J connectivity index is 5.45. The van der Waals surface area contributed by atoms with Crippen molar-refractivity contribution < 1.29 is 49.4 Å². The summed E-state index contributed by atoms with van der Waals surface area (Å²) in [7, 11) is 0. The predicted octanol–water partition coefficient (Wildman–Crippen LogP) is 3.18. The van der Waals surface area contributed by atoms with E-state index in [0.717, 1.165) is 0 Å². The standard InChI is InChI=1S/C9H7F9O2/c1-2(7(19)20)4(11)8(15,16)9(17,18)5(12)3(10)6(13)14/h3-6H,1H2,(H,19,20). The van der Waals surface area contributed by atoms with Crippen LogP contribution in [0.3, 0.4) is 0 Å². The molecule has 0 aromatic carbocycles. The number of hydrogen-bond donors (Lipinski definition) is 1. The Morgan fingerprint density at radius 2 is 1.35 bits per heavy atom. The molecule has 0 bridgehead atoms. The minimum absolute atomic E-state index is 2.06. The van der Waals surface area contributed by atoms with Gasteiger partial charge in [0.1, 0.15) is 0 Å². The summed E-state index contributed by atoms with van der Waals surface area (Å²) in [5.74, 6) is -14.7. The van der Waals surface area contributed by atoms with Crippen LogP contribution < -0.4 is 0 Å². The highest BCUT2D eigenvalue weighted by atomic mass is 19.3. The number of rotatable bonds is 7. The van der Waals surface area contributed by atoms with Gasteiger partial charge in [-0.3, -0.25) is 0 Å². The van der Waals surface area contributed by atoms with E-state index in [1.165, 1.54) is 0 Å². The van der Waals surface area contributed by atoms with Crippen LogP contribution in [-0.4, -0.2) is 47.9 Å². The highest BCUT2D eigenvalue weighted by Gasteiger charge is 2.69. The molecule has 0 saturated heterocycles. The lowest BCUT2D eigenvalue weighted by molar-refractivity contribution is -0.271. The topological polar surface area (TPSA) is 37.3 Å². The van der Waals surface area contributed by atoms with E-state index in [9.17, 15) is 44.3 Å². The summed E-state index contributed by atoms with van der Waals surface area (Å²) in [4.78, 5) is 10.1. The lowest BCUT2D eigenvalue weighted by atomic mass is 9.95. The fourth-order valence-corrected chi connectivity index (χ4v) is 1.01. The molecule has 1 N–H and O–H groups in total. The number of carboxylic acid groups (broad SMARTS) is 1. The molecular formula is C9H7F9O2. The molecular weight excluding hydrogens is 311 g/mol.